The summed E-state index contributed by atoms with van der Waals surface area (Å²) in [5.41, 5.74) is 0. The van der Waals surface area contributed by atoms with E-state index in [9.17, 15) is 13.2 Å². The number of hydrogen-bond donors (Lipinski definition) is 1. The van der Waals surface area contributed by atoms with Crippen molar-refractivity contribution in [1.82, 2.24) is 0 Å². The van der Waals surface area contributed by atoms with E-state index in [0.717, 1.165) is 6.26 Å². The van der Waals surface area contributed by atoms with E-state index >= 15 is 0 Å². The Labute approximate surface area is 101 Å². The maximum Gasteiger partial charge on any atom is 0.309 e. The Hall–Kier alpha value is -0.660. The van der Waals surface area contributed by atoms with Crippen LogP contribution in [0.25, 0.3) is 0 Å². The second-order valence-electron chi connectivity index (χ2n) is 4.17. The molecular weight excluding hydrogens is 248 g/mol. The SMILES string of the molecule is CCO[C@@H]1C[C@@H](OS(C)(=O)=O)CC[C@H]1C(=O)O. The maximum absolute atomic E-state index is 11.0. The van der Waals surface area contributed by atoms with Gasteiger partial charge in [0.15, 0.2) is 0 Å². The number of rotatable bonds is 5. The topological polar surface area (TPSA) is 89.9 Å². The molecule has 0 radical (unpaired) electrons. The third kappa shape index (κ3) is 4.61. The lowest BCUT2D eigenvalue weighted by atomic mass is 9.85. The molecule has 100 valence electrons. The molecule has 0 unspecified atom stereocenters. The molecule has 0 saturated heterocycles. The Balaban J connectivity index is 2.65. The zero-order chi connectivity index (χ0) is 13.1. The predicted molar refractivity (Wildman–Crippen MR) is 60.1 cm³/mol. The summed E-state index contributed by atoms with van der Waals surface area (Å²) >= 11 is 0. The summed E-state index contributed by atoms with van der Waals surface area (Å²) in [4.78, 5) is 11.0. The molecule has 0 amide bonds. The summed E-state index contributed by atoms with van der Waals surface area (Å²) < 4.78 is 32.2. The molecule has 1 fully saturated rings. The number of carboxylic acid groups (broad SMARTS) is 1. The van der Waals surface area contributed by atoms with Gasteiger partial charge in [-0.2, -0.15) is 8.42 Å². The second kappa shape index (κ2) is 5.79. The smallest absolute Gasteiger partial charge is 0.309 e. The van der Waals surface area contributed by atoms with Crippen LogP contribution in [0.1, 0.15) is 26.2 Å². The van der Waals surface area contributed by atoms with Gasteiger partial charge in [0.1, 0.15) is 0 Å². The van der Waals surface area contributed by atoms with E-state index in [-0.39, 0.29) is 0 Å². The lowest BCUT2D eigenvalue weighted by molar-refractivity contribution is -0.151. The highest BCUT2D eigenvalue weighted by molar-refractivity contribution is 7.86. The Bertz CT molecular complexity index is 363. The van der Waals surface area contributed by atoms with Crippen molar-refractivity contribution in [3.63, 3.8) is 0 Å². The average molecular weight is 266 g/mol. The van der Waals surface area contributed by atoms with Gasteiger partial charge in [0.25, 0.3) is 10.1 Å². The molecule has 0 spiro atoms. The Morgan fingerprint density at radius 1 is 1.41 bits per heavy atom. The largest absolute Gasteiger partial charge is 0.481 e. The standard InChI is InChI=1S/C10H18O6S/c1-3-15-9-6-7(16-17(2,13)14)4-5-8(9)10(11)12/h7-9H,3-6H2,1-2H3,(H,11,12)/t7-,8+,9+/m0/s1. The average Bonchev–Trinajstić information content (AvgIpc) is 2.15. The minimum Gasteiger partial charge on any atom is -0.481 e. The normalized spacial score (nSPS) is 30.1. The van der Waals surface area contributed by atoms with Crippen LogP contribution >= 0.6 is 0 Å². The molecule has 1 aliphatic carbocycles. The molecule has 0 aromatic carbocycles. The number of carbonyl (C=O) groups is 1. The summed E-state index contributed by atoms with van der Waals surface area (Å²) in [5.74, 6) is -1.48. The van der Waals surface area contributed by atoms with Crippen LogP contribution in [0.15, 0.2) is 0 Å². The fraction of sp³-hybridized carbons (Fsp3) is 0.900. The Morgan fingerprint density at radius 2 is 2.06 bits per heavy atom. The lowest BCUT2D eigenvalue weighted by Crippen LogP contribution is -2.40. The van der Waals surface area contributed by atoms with Crippen LogP contribution in [0.2, 0.25) is 0 Å². The molecule has 6 nitrogen and oxygen atoms in total. The molecule has 7 heteroatoms. The van der Waals surface area contributed by atoms with Gasteiger partial charge in [0, 0.05) is 13.0 Å². The fourth-order valence-electron chi connectivity index (χ4n) is 2.11. The molecule has 17 heavy (non-hydrogen) atoms. The van der Waals surface area contributed by atoms with Gasteiger partial charge in [-0.05, 0) is 19.8 Å². The van der Waals surface area contributed by atoms with Crippen LogP contribution in [-0.2, 0) is 23.8 Å². The summed E-state index contributed by atoms with van der Waals surface area (Å²) in [6.45, 7) is 2.18. The number of hydrogen-bond acceptors (Lipinski definition) is 5. The van der Waals surface area contributed by atoms with Crippen molar-refractivity contribution in [1.29, 1.82) is 0 Å². The zero-order valence-electron chi connectivity index (χ0n) is 9.96. The highest BCUT2D eigenvalue weighted by atomic mass is 32.2. The number of ether oxygens (including phenoxy) is 1. The summed E-state index contributed by atoms with van der Waals surface area (Å²) in [7, 11) is -3.50. The predicted octanol–water partition coefficient (Wildman–Crippen LogP) is 0.621. The van der Waals surface area contributed by atoms with Crippen molar-refractivity contribution >= 4 is 16.1 Å². The molecule has 1 N–H and O–H groups in total. The third-order valence-corrected chi connectivity index (χ3v) is 3.37. The van der Waals surface area contributed by atoms with Crippen molar-refractivity contribution in [3.05, 3.63) is 0 Å². The molecule has 0 bridgehead atoms. The Kier molecular flexibility index (Phi) is 4.91. The molecular formula is C10H18O6S. The van der Waals surface area contributed by atoms with Gasteiger partial charge in [-0.3, -0.25) is 8.98 Å². The molecule has 0 aromatic heterocycles. The fourth-order valence-corrected chi connectivity index (χ4v) is 2.78. The van der Waals surface area contributed by atoms with Gasteiger partial charge < -0.3 is 9.84 Å². The first-order valence-corrected chi connectivity index (χ1v) is 7.37. The van der Waals surface area contributed by atoms with Crippen LogP contribution in [0, 0.1) is 5.92 Å². The maximum atomic E-state index is 11.0. The van der Waals surface area contributed by atoms with Crippen molar-refractivity contribution in [3.8, 4) is 0 Å². The van der Waals surface area contributed by atoms with Crippen LogP contribution < -0.4 is 0 Å². The van der Waals surface area contributed by atoms with Crippen molar-refractivity contribution in [2.75, 3.05) is 12.9 Å². The number of carboxylic acids is 1. The van der Waals surface area contributed by atoms with E-state index in [1.165, 1.54) is 0 Å². The van der Waals surface area contributed by atoms with Crippen molar-refractivity contribution in [2.45, 2.75) is 38.4 Å². The van der Waals surface area contributed by atoms with Crippen molar-refractivity contribution < 1.29 is 27.2 Å². The zero-order valence-corrected chi connectivity index (χ0v) is 10.8. The van der Waals surface area contributed by atoms with E-state index < -0.39 is 34.2 Å². The lowest BCUT2D eigenvalue weighted by Gasteiger charge is -2.32. The first-order valence-electron chi connectivity index (χ1n) is 5.56. The van der Waals surface area contributed by atoms with Crippen molar-refractivity contribution in [2.24, 2.45) is 5.92 Å². The number of aliphatic carboxylic acids is 1. The molecule has 3 atom stereocenters. The van der Waals surface area contributed by atoms with Crippen LogP contribution in [0.5, 0.6) is 0 Å². The highest BCUT2D eigenvalue weighted by Gasteiger charge is 2.37. The van der Waals surface area contributed by atoms with Gasteiger partial charge in [-0.1, -0.05) is 0 Å². The van der Waals surface area contributed by atoms with Crippen LogP contribution in [0.3, 0.4) is 0 Å². The summed E-state index contributed by atoms with van der Waals surface area (Å²) in [6, 6.07) is 0. The monoisotopic (exact) mass is 266 g/mol. The van der Waals surface area contributed by atoms with E-state index in [0.29, 0.717) is 25.9 Å². The second-order valence-corrected chi connectivity index (χ2v) is 5.77. The highest BCUT2D eigenvalue weighted by Crippen LogP contribution is 2.29. The van der Waals surface area contributed by atoms with Gasteiger partial charge in [0.05, 0.1) is 24.4 Å². The molecule has 0 aliphatic heterocycles. The van der Waals surface area contributed by atoms with E-state index in [1.807, 2.05) is 0 Å². The first-order chi connectivity index (χ1) is 7.83. The molecule has 1 saturated carbocycles. The van der Waals surface area contributed by atoms with E-state index in [2.05, 4.69) is 0 Å². The van der Waals surface area contributed by atoms with Crippen LogP contribution in [-0.4, -0.2) is 44.6 Å². The van der Waals surface area contributed by atoms with Gasteiger partial charge >= 0.3 is 5.97 Å². The van der Waals surface area contributed by atoms with E-state index in [1.54, 1.807) is 6.92 Å². The molecule has 1 rings (SSSR count). The molecule has 0 heterocycles. The van der Waals surface area contributed by atoms with E-state index in [4.69, 9.17) is 14.0 Å². The van der Waals surface area contributed by atoms with Gasteiger partial charge in [0.2, 0.25) is 0 Å². The van der Waals surface area contributed by atoms with Gasteiger partial charge in [-0.15, -0.1) is 0 Å². The Morgan fingerprint density at radius 3 is 2.53 bits per heavy atom. The third-order valence-electron chi connectivity index (χ3n) is 2.75. The van der Waals surface area contributed by atoms with Gasteiger partial charge in [-0.25, -0.2) is 0 Å². The quantitative estimate of drug-likeness (QED) is 0.734. The minimum atomic E-state index is -3.50. The summed E-state index contributed by atoms with van der Waals surface area (Å²) in [6.07, 6.45) is 1.15. The summed E-state index contributed by atoms with van der Waals surface area (Å²) in [5, 5.41) is 9.02. The molecule has 0 aromatic rings. The van der Waals surface area contributed by atoms with Crippen LogP contribution in [0.4, 0.5) is 0 Å². The minimum absolute atomic E-state index is 0.303. The molecule has 1 aliphatic rings. The first kappa shape index (κ1) is 14.4.